The van der Waals surface area contributed by atoms with Gasteiger partial charge in [0.15, 0.2) is 5.82 Å². The van der Waals surface area contributed by atoms with Gasteiger partial charge in [-0.1, -0.05) is 11.6 Å². The zero-order chi connectivity index (χ0) is 15.1. The average Bonchev–Trinajstić information content (AvgIpc) is 2.72. The minimum absolute atomic E-state index is 0.0817. The van der Waals surface area contributed by atoms with Crippen LogP contribution in [0.5, 0.6) is 0 Å². The van der Waals surface area contributed by atoms with Crippen molar-refractivity contribution < 1.29 is 12.8 Å². The summed E-state index contributed by atoms with van der Waals surface area (Å²) in [7, 11) is -4.05. The molecule has 0 bridgehead atoms. The van der Waals surface area contributed by atoms with Gasteiger partial charge in [0.05, 0.1) is 5.56 Å². The highest BCUT2D eigenvalue weighted by Gasteiger charge is 2.25. The van der Waals surface area contributed by atoms with Gasteiger partial charge in [0.2, 0.25) is 0 Å². The molecular weight excluding hydrogens is 307 g/mol. The monoisotopic (exact) mass is 318 g/mol. The van der Waals surface area contributed by atoms with E-state index >= 15 is 0 Å². The number of halogens is 2. The van der Waals surface area contributed by atoms with Crippen LogP contribution in [-0.2, 0) is 10.0 Å². The van der Waals surface area contributed by atoms with Gasteiger partial charge < -0.3 is 0 Å². The fourth-order valence-electron chi connectivity index (χ4n) is 1.79. The van der Waals surface area contributed by atoms with Crippen molar-refractivity contribution in [2.75, 3.05) is 0 Å². The standard InChI is InChI=1S/C11H12ClFN4O2S/c1-6(2)17-10(15-16-11(17)20(14,18)19)8-4-3-7(12)5-9(8)13/h3-6H,1-2H3,(H2,14,18,19). The van der Waals surface area contributed by atoms with Crippen molar-refractivity contribution >= 4 is 21.6 Å². The summed E-state index contributed by atoms with van der Waals surface area (Å²) in [4.78, 5) is 0. The SMILES string of the molecule is CC(C)n1c(-c2ccc(Cl)cc2F)nnc1S(N)(=O)=O. The summed E-state index contributed by atoms with van der Waals surface area (Å²) < 4.78 is 38.2. The van der Waals surface area contributed by atoms with Gasteiger partial charge in [-0.05, 0) is 32.0 Å². The lowest BCUT2D eigenvalue weighted by atomic mass is 10.2. The van der Waals surface area contributed by atoms with Crippen molar-refractivity contribution in [2.24, 2.45) is 5.14 Å². The van der Waals surface area contributed by atoms with E-state index in [1.165, 1.54) is 16.7 Å². The molecule has 0 saturated heterocycles. The Hall–Kier alpha value is -1.51. The first kappa shape index (κ1) is 14.9. The zero-order valence-corrected chi connectivity index (χ0v) is 12.3. The summed E-state index contributed by atoms with van der Waals surface area (Å²) in [6.45, 7) is 3.44. The summed E-state index contributed by atoms with van der Waals surface area (Å²) >= 11 is 5.69. The molecule has 0 atom stereocenters. The molecule has 1 heterocycles. The molecular formula is C11H12ClFN4O2S. The smallest absolute Gasteiger partial charge is 0.273 e. The Balaban J connectivity index is 2.73. The molecule has 1 aromatic carbocycles. The lowest BCUT2D eigenvalue weighted by Crippen LogP contribution is -2.20. The highest BCUT2D eigenvalue weighted by Crippen LogP contribution is 2.27. The third-order valence-electron chi connectivity index (χ3n) is 2.61. The van der Waals surface area contributed by atoms with E-state index in [1.54, 1.807) is 13.8 Å². The van der Waals surface area contributed by atoms with Crippen LogP contribution in [0.4, 0.5) is 4.39 Å². The van der Waals surface area contributed by atoms with Crippen LogP contribution in [0.15, 0.2) is 23.4 Å². The molecule has 0 spiro atoms. The molecule has 0 amide bonds. The van der Waals surface area contributed by atoms with Gasteiger partial charge in [-0.25, -0.2) is 17.9 Å². The molecule has 2 N–H and O–H groups in total. The molecule has 0 radical (unpaired) electrons. The van der Waals surface area contributed by atoms with Gasteiger partial charge in [0, 0.05) is 11.1 Å². The number of hydrogen-bond acceptors (Lipinski definition) is 4. The van der Waals surface area contributed by atoms with Crippen molar-refractivity contribution in [3.8, 4) is 11.4 Å². The van der Waals surface area contributed by atoms with Crippen LogP contribution >= 0.6 is 11.6 Å². The summed E-state index contributed by atoms with van der Waals surface area (Å²) in [5.41, 5.74) is 0.102. The Labute approximate surface area is 120 Å². The normalized spacial score (nSPS) is 12.1. The van der Waals surface area contributed by atoms with Crippen molar-refractivity contribution in [1.29, 1.82) is 0 Å². The van der Waals surface area contributed by atoms with Gasteiger partial charge in [-0.15, -0.1) is 10.2 Å². The summed E-state index contributed by atoms with van der Waals surface area (Å²) in [5, 5.41) is 12.2. The van der Waals surface area contributed by atoms with E-state index in [4.69, 9.17) is 16.7 Å². The Morgan fingerprint density at radius 3 is 2.50 bits per heavy atom. The molecule has 20 heavy (non-hydrogen) atoms. The van der Waals surface area contributed by atoms with Gasteiger partial charge in [0.25, 0.3) is 15.2 Å². The Kier molecular flexibility index (Phi) is 3.81. The predicted octanol–water partition coefficient (Wildman–Crippen LogP) is 1.97. The van der Waals surface area contributed by atoms with Crippen LogP contribution in [-0.4, -0.2) is 23.2 Å². The number of benzene rings is 1. The number of nitrogens with zero attached hydrogens (tertiary/aromatic N) is 3. The highest BCUT2D eigenvalue weighted by atomic mass is 35.5. The molecule has 6 nitrogen and oxygen atoms in total. The van der Waals surface area contributed by atoms with Crippen LogP contribution in [0.1, 0.15) is 19.9 Å². The first-order chi connectivity index (χ1) is 9.21. The number of rotatable bonds is 3. The Bertz CT molecular complexity index is 758. The minimum Gasteiger partial charge on any atom is -0.294 e. The van der Waals surface area contributed by atoms with Crippen LogP contribution in [0, 0.1) is 5.82 Å². The minimum atomic E-state index is -4.05. The molecule has 0 saturated carbocycles. The first-order valence-corrected chi connectivity index (χ1v) is 7.57. The molecule has 0 unspecified atom stereocenters. The fourth-order valence-corrected chi connectivity index (χ4v) is 2.68. The molecule has 0 aliphatic rings. The maximum absolute atomic E-state index is 13.9. The summed E-state index contributed by atoms with van der Waals surface area (Å²) in [6.07, 6.45) is 0. The fraction of sp³-hybridized carbons (Fsp3) is 0.273. The number of hydrogen-bond donors (Lipinski definition) is 1. The molecule has 2 rings (SSSR count). The topological polar surface area (TPSA) is 90.9 Å². The second kappa shape index (κ2) is 5.12. The molecule has 1 aromatic heterocycles. The van der Waals surface area contributed by atoms with Crippen LogP contribution < -0.4 is 5.14 Å². The Morgan fingerprint density at radius 2 is 2.00 bits per heavy atom. The van der Waals surface area contributed by atoms with E-state index in [-0.39, 0.29) is 22.5 Å². The van der Waals surface area contributed by atoms with Crippen molar-refractivity contribution in [3.05, 3.63) is 29.0 Å². The van der Waals surface area contributed by atoms with E-state index in [0.717, 1.165) is 6.07 Å². The molecule has 0 fully saturated rings. The zero-order valence-electron chi connectivity index (χ0n) is 10.7. The van der Waals surface area contributed by atoms with Gasteiger partial charge in [0.1, 0.15) is 5.82 Å². The summed E-state index contributed by atoms with van der Waals surface area (Å²) in [5.74, 6) is -0.536. The molecule has 108 valence electrons. The maximum Gasteiger partial charge on any atom is 0.273 e. The number of sulfonamides is 1. The first-order valence-electron chi connectivity index (χ1n) is 5.65. The van der Waals surface area contributed by atoms with Crippen molar-refractivity contribution in [1.82, 2.24) is 14.8 Å². The second-order valence-electron chi connectivity index (χ2n) is 4.44. The van der Waals surface area contributed by atoms with E-state index in [9.17, 15) is 12.8 Å². The highest BCUT2D eigenvalue weighted by molar-refractivity contribution is 7.89. The second-order valence-corrected chi connectivity index (χ2v) is 6.33. The van der Waals surface area contributed by atoms with E-state index in [1.807, 2.05) is 0 Å². The maximum atomic E-state index is 13.9. The predicted molar refractivity (Wildman–Crippen MR) is 72.2 cm³/mol. The molecule has 0 aliphatic heterocycles. The lowest BCUT2D eigenvalue weighted by Gasteiger charge is -2.13. The Morgan fingerprint density at radius 1 is 1.35 bits per heavy atom. The van der Waals surface area contributed by atoms with E-state index in [0.29, 0.717) is 0 Å². The molecule has 2 aromatic rings. The summed E-state index contributed by atoms with van der Waals surface area (Å²) in [6, 6.07) is 3.69. The van der Waals surface area contributed by atoms with Crippen molar-refractivity contribution in [3.63, 3.8) is 0 Å². The van der Waals surface area contributed by atoms with Gasteiger partial charge in [-0.2, -0.15) is 0 Å². The quantitative estimate of drug-likeness (QED) is 0.936. The largest absolute Gasteiger partial charge is 0.294 e. The van der Waals surface area contributed by atoms with Crippen LogP contribution in [0.2, 0.25) is 5.02 Å². The van der Waals surface area contributed by atoms with Gasteiger partial charge in [-0.3, -0.25) is 4.57 Å². The number of primary sulfonamides is 1. The third kappa shape index (κ3) is 2.67. The van der Waals surface area contributed by atoms with E-state index < -0.39 is 21.0 Å². The number of aromatic nitrogens is 3. The van der Waals surface area contributed by atoms with Gasteiger partial charge >= 0.3 is 0 Å². The van der Waals surface area contributed by atoms with Crippen molar-refractivity contribution in [2.45, 2.75) is 25.0 Å². The van der Waals surface area contributed by atoms with Crippen LogP contribution in [0.3, 0.4) is 0 Å². The average molecular weight is 319 g/mol. The number of nitrogens with two attached hydrogens (primary N) is 1. The third-order valence-corrected chi connectivity index (χ3v) is 3.63. The lowest BCUT2D eigenvalue weighted by molar-refractivity contribution is 0.523. The van der Waals surface area contributed by atoms with E-state index in [2.05, 4.69) is 10.2 Å². The van der Waals surface area contributed by atoms with Crippen LogP contribution in [0.25, 0.3) is 11.4 Å². The molecule has 0 aliphatic carbocycles. The molecule has 9 heteroatoms.